The number of hydrogen-bond donors (Lipinski definition) is 3. The lowest BCUT2D eigenvalue weighted by atomic mass is 10.0. The number of benzene rings is 1. The molecule has 2 atom stereocenters. The fourth-order valence-corrected chi connectivity index (χ4v) is 2.24. The quantitative estimate of drug-likeness (QED) is 0.743. The van der Waals surface area contributed by atoms with Gasteiger partial charge in [-0.05, 0) is 37.5 Å². The van der Waals surface area contributed by atoms with Gasteiger partial charge in [-0.25, -0.2) is 9.59 Å². The highest BCUT2D eigenvalue weighted by atomic mass is 35.5. The van der Waals surface area contributed by atoms with Crippen molar-refractivity contribution in [3.05, 3.63) is 28.8 Å². The third-order valence-corrected chi connectivity index (χ3v) is 3.45. The molecule has 0 bridgehead atoms. The summed E-state index contributed by atoms with van der Waals surface area (Å²) in [5.41, 5.74) is 0.388. The number of halogens is 1. The summed E-state index contributed by atoms with van der Waals surface area (Å²) in [5, 5.41) is 14.6. The molecule has 21 heavy (non-hydrogen) atoms. The van der Waals surface area contributed by atoms with Gasteiger partial charge in [-0.2, -0.15) is 0 Å². The Balaban J connectivity index is 2.64. The SMILES string of the molecule is CCC(C)CC(C)NC(=O)Nc1cc(Cl)cc(C(=O)O)c1. The molecule has 6 heteroatoms. The van der Waals surface area contributed by atoms with E-state index < -0.39 is 5.97 Å². The lowest BCUT2D eigenvalue weighted by molar-refractivity contribution is 0.0697. The van der Waals surface area contributed by atoms with E-state index in [9.17, 15) is 9.59 Å². The maximum absolute atomic E-state index is 11.9. The smallest absolute Gasteiger partial charge is 0.335 e. The van der Waals surface area contributed by atoms with Crippen molar-refractivity contribution in [3.63, 3.8) is 0 Å². The Morgan fingerprint density at radius 1 is 1.29 bits per heavy atom. The average Bonchev–Trinajstić information content (AvgIpc) is 2.37. The second kappa shape index (κ2) is 7.88. The van der Waals surface area contributed by atoms with Gasteiger partial charge in [0.05, 0.1) is 5.56 Å². The number of carbonyl (C=O) groups is 2. The van der Waals surface area contributed by atoms with Crippen LogP contribution in [0.5, 0.6) is 0 Å². The Bertz CT molecular complexity index is 520. The number of carboxylic acid groups (broad SMARTS) is 1. The summed E-state index contributed by atoms with van der Waals surface area (Å²) in [4.78, 5) is 22.8. The predicted octanol–water partition coefficient (Wildman–Crippen LogP) is 3.98. The molecule has 3 N–H and O–H groups in total. The summed E-state index contributed by atoms with van der Waals surface area (Å²) in [6.07, 6.45) is 1.95. The van der Waals surface area contributed by atoms with Crippen molar-refractivity contribution in [3.8, 4) is 0 Å². The van der Waals surface area contributed by atoms with E-state index in [0.717, 1.165) is 12.8 Å². The molecule has 0 aliphatic heterocycles. The molecule has 0 aliphatic carbocycles. The van der Waals surface area contributed by atoms with Crippen molar-refractivity contribution in [2.45, 2.75) is 39.7 Å². The first-order valence-electron chi connectivity index (χ1n) is 6.93. The minimum atomic E-state index is -1.09. The van der Waals surface area contributed by atoms with Crippen LogP contribution in [0.4, 0.5) is 10.5 Å². The summed E-state index contributed by atoms with van der Waals surface area (Å²) < 4.78 is 0. The Hall–Kier alpha value is -1.75. The van der Waals surface area contributed by atoms with Gasteiger partial charge in [0.2, 0.25) is 0 Å². The van der Waals surface area contributed by atoms with Crippen LogP contribution in [-0.2, 0) is 0 Å². The van der Waals surface area contributed by atoms with Crippen molar-refractivity contribution in [2.24, 2.45) is 5.92 Å². The fraction of sp³-hybridized carbons (Fsp3) is 0.467. The van der Waals surface area contributed by atoms with Gasteiger partial charge in [0.1, 0.15) is 0 Å². The molecule has 0 radical (unpaired) electrons. The third kappa shape index (κ3) is 6.04. The number of urea groups is 1. The maximum Gasteiger partial charge on any atom is 0.335 e. The lowest BCUT2D eigenvalue weighted by Crippen LogP contribution is -2.37. The zero-order valence-electron chi connectivity index (χ0n) is 12.4. The van der Waals surface area contributed by atoms with Crippen molar-refractivity contribution in [1.82, 2.24) is 5.32 Å². The van der Waals surface area contributed by atoms with Crippen molar-refractivity contribution in [1.29, 1.82) is 0 Å². The largest absolute Gasteiger partial charge is 0.478 e. The summed E-state index contributed by atoms with van der Waals surface area (Å²) in [7, 11) is 0. The van der Waals surface area contributed by atoms with Crippen LogP contribution in [0.3, 0.4) is 0 Å². The summed E-state index contributed by atoms with van der Waals surface area (Å²) >= 11 is 5.84. The molecular formula is C15H21ClN2O3. The van der Waals surface area contributed by atoms with Crippen LogP contribution in [-0.4, -0.2) is 23.1 Å². The van der Waals surface area contributed by atoms with Crippen LogP contribution in [0.2, 0.25) is 5.02 Å². The van der Waals surface area contributed by atoms with Crippen molar-refractivity contribution in [2.75, 3.05) is 5.32 Å². The van der Waals surface area contributed by atoms with Crippen LogP contribution < -0.4 is 10.6 Å². The van der Waals surface area contributed by atoms with E-state index in [1.807, 2.05) is 6.92 Å². The van der Waals surface area contributed by atoms with Gasteiger partial charge in [-0.3, -0.25) is 0 Å². The zero-order chi connectivity index (χ0) is 16.0. The van der Waals surface area contributed by atoms with E-state index in [1.165, 1.54) is 18.2 Å². The highest BCUT2D eigenvalue weighted by Crippen LogP contribution is 2.19. The average molecular weight is 313 g/mol. The van der Waals surface area contributed by atoms with Crippen molar-refractivity contribution < 1.29 is 14.7 Å². The third-order valence-electron chi connectivity index (χ3n) is 3.23. The second-order valence-corrected chi connectivity index (χ2v) is 5.72. The number of hydrogen-bond acceptors (Lipinski definition) is 2. The maximum atomic E-state index is 11.9. The number of amides is 2. The molecule has 0 aromatic heterocycles. The van der Waals surface area contributed by atoms with Crippen LogP contribution in [0, 0.1) is 5.92 Å². The van der Waals surface area contributed by atoms with Gasteiger partial charge in [-0.1, -0.05) is 31.9 Å². The lowest BCUT2D eigenvalue weighted by Gasteiger charge is -2.18. The Kier molecular flexibility index (Phi) is 6.49. The molecule has 0 heterocycles. The molecule has 2 unspecified atom stereocenters. The standard InChI is InChI=1S/C15H21ClN2O3/c1-4-9(2)5-10(3)17-15(21)18-13-7-11(14(19)20)6-12(16)8-13/h6-10H,4-5H2,1-3H3,(H,19,20)(H2,17,18,21). The van der Waals surface area contributed by atoms with Gasteiger partial charge in [0.15, 0.2) is 0 Å². The predicted molar refractivity (Wildman–Crippen MR) is 84.1 cm³/mol. The van der Waals surface area contributed by atoms with E-state index in [4.69, 9.17) is 16.7 Å². The summed E-state index contributed by atoms with van der Waals surface area (Å²) in [6, 6.07) is 3.88. The molecule has 1 aromatic carbocycles. The van der Waals surface area contributed by atoms with E-state index in [2.05, 4.69) is 24.5 Å². The Morgan fingerprint density at radius 3 is 2.52 bits per heavy atom. The highest BCUT2D eigenvalue weighted by molar-refractivity contribution is 6.31. The fourth-order valence-electron chi connectivity index (χ4n) is 2.01. The topological polar surface area (TPSA) is 78.4 Å². The molecule has 0 saturated heterocycles. The number of nitrogens with one attached hydrogen (secondary N) is 2. The van der Waals surface area contributed by atoms with Gasteiger partial charge in [0, 0.05) is 16.8 Å². The number of aromatic carboxylic acids is 1. The molecule has 2 amide bonds. The minimum absolute atomic E-state index is 0.0328. The second-order valence-electron chi connectivity index (χ2n) is 5.28. The number of anilines is 1. The number of carbonyl (C=O) groups excluding carboxylic acids is 1. The molecule has 1 rings (SSSR count). The monoisotopic (exact) mass is 312 g/mol. The first-order chi connectivity index (χ1) is 9.81. The van der Waals surface area contributed by atoms with E-state index in [1.54, 1.807) is 0 Å². The normalized spacial score (nSPS) is 13.3. The summed E-state index contributed by atoms with van der Waals surface area (Å²) in [5.74, 6) is -0.559. The Morgan fingerprint density at radius 2 is 1.95 bits per heavy atom. The molecule has 1 aromatic rings. The molecular weight excluding hydrogens is 292 g/mol. The first-order valence-corrected chi connectivity index (χ1v) is 7.31. The zero-order valence-corrected chi connectivity index (χ0v) is 13.2. The van der Waals surface area contributed by atoms with E-state index in [-0.39, 0.29) is 22.7 Å². The molecule has 0 spiro atoms. The minimum Gasteiger partial charge on any atom is -0.478 e. The first kappa shape index (κ1) is 17.3. The van der Waals surface area contributed by atoms with Crippen LogP contribution in [0.25, 0.3) is 0 Å². The molecule has 0 fully saturated rings. The highest BCUT2D eigenvalue weighted by Gasteiger charge is 2.12. The van der Waals surface area contributed by atoms with Gasteiger partial charge in [-0.15, -0.1) is 0 Å². The van der Waals surface area contributed by atoms with Crippen LogP contribution >= 0.6 is 11.6 Å². The van der Waals surface area contributed by atoms with Gasteiger partial charge in [0.25, 0.3) is 0 Å². The van der Waals surface area contributed by atoms with Gasteiger partial charge < -0.3 is 15.7 Å². The molecule has 0 saturated carbocycles. The molecule has 5 nitrogen and oxygen atoms in total. The van der Waals surface area contributed by atoms with Crippen LogP contribution in [0.15, 0.2) is 18.2 Å². The molecule has 0 aliphatic rings. The molecule has 116 valence electrons. The number of carboxylic acids is 1. The van der Waals surface area contributed by atoms with Gasteiger partial charge >= 0.3 is 12.0 Å². The van der Waals surface area contributed by atoms with Crippen LogP contribution in [0.1, 0.15) is 44.0 Å². The van der Waals surface area contributed by atoms with E-state index >= 15 is 0 Å². The van der Waals surface area contributed by atoms with E-state index in [0.29, 0.717) is 11.6 Å². The van der Waals surface area contributed by atoms with Crippen molar-refractivity contribution >= 4 is 29.3 Å². The Labute approximate surface area is 129 Å². The number of rotatable bonds is 6. The summed E-state index contributed by atoms with van der Waals surface area (Å²) in [6.45, 7) is 6.18.